The van der Waals surface area contributed by atoms with Gasteiger partial charge in [0.05, 0.1) is 16.1 Å². The van der Waals surface area contributed by atoms with Crippen LogP contribution in [0, 0.1) is 17.1 Å². The van der Waals surface area contributed by atoms with Crippen molar-refractivity contribution in [3.05, 3.63) is 23.5 Å². The molecule has 0 N–H and O–H groups in total. The molecule has 1 aromatic carbocycles. The molecule has 0 radical (unpaired) electrons. The van der Waals surface area contributed by atoms with Crippen molar-refractivity contribution in [1.82, 2.24) is 4.90 Å². The summed E-state index contributed by atoms with van der Waals surface area (Å²) in [6, 6.07) is 4.58. The summed E-state index contributed by atoms with van der Waals surface area (Å²) in [6.07, 6.45) is 2.17. The monoisotopic (exact) mass is 443 g/mol. The van der Waals surface area contributed by atoms with Gasteiger partial charge in [-0.05, 0) is 50.9 Å². The van der Waals surface area contributed by atoms with Crippen molar-refractivity contribution in [2.45, 2.75) is 37.1 Å². The average Bonchev–Trinajstić information content (AvgIpc) is 2.81. The normalized spacial score (nSPS) is 15.7. The summed E-state index contributed by atoms with van der Waals surface area (Å²) in [7, 11) is 0. The zero-order chi connectivity index (χ0) is 21.1. The molecular weight excluding hydrogens is 425 g/mol. The fourth-order valence-corrected chi connectivity index (χ4v) is 4.18. The van der Waals surface area contributed by atoms with Crippen LogP contribution in [0.25, 0.3) is 0 Å². The van der Waals surface area contributed by atoms with Crippen molar-refractivity contribution in [2.24, 2.45) is 0 Å². The number of amides is 1. The van der Waals surface area contributed by atoms with E-state index in [2.05, 4.69) is 4.74 Å². The topological polar surface area (TPSA) is 73.6 Å². The first-order chi connectivity index (χ1) is 13.2. The summed E-state index contributed by atoms with van der Waals surface area (Å²) in [5, 5.41) is 9.30. The van der Waals surface area contributed by atoms with E-state index in [0.29, 0.717) is 13.0 Å². The van der Waals surface area contributed by atoms with Crippen LogP contribution < -0.4 is 4.90 Å². The van der Waals surface area contributed by atoms with E-state index in [9.17, 15) is 9.59 Å². The van der Waals surface area contributed by atoms with Gasteiger partial charge in [-0.1, -0.05) is 11.6 Å². The van der Waals surface area contributed by atoms with E-state index < -0.39 is 17.3 Å². The molecule has 10 heteroatoms. The largest absolute Gasteiger partial charge is 0.449 e. The zero-order valence-electron chi connectivity index (χ0n) is 15.6. The van der Waals surface area contributed by atoms with Gasteiger partial charge in [0.1, 0.15) is 11.6 Å². The minimum Gasteiger partial charge on any atom is -0.449 e. The van der Waals surface area contributed by atoms with Gasteiger partial charge in [0.15, 0.2) is 17.0 Å². The van der Waals surface area contributed by atoms with Gasteiger partial charge < -0.3 is 9.64 Å². The Bertz CT molecular complexity index is 857. The lowest BCUT2D eigenvalue weighted by atomic mass is 10.0. The van der Waals surface area contributed by atoms with Crippen LogP contribution in [0.5, 0.6) is 0 Å². The lowest BCUT2D eigenvalue weighted by Gasteiger charge is -2.29. The predicted molar refractivity (Wildman–Crippen MR) is 110 cm³/mol. The Kier molecular flexibility index (Phi) is 7.26. The SMILES string of the molecule is CSc1c(C#N)ccc(N2C(=O)C(C)(C)N(CCCC(=O)OCCl)C2=S)c1F. The highest BCUT2D eigenvalue weighted by Crippen LogP contribution is 2.37. The minimum atomic E-state index is -1.01. The maximum atomic E-state index is 15.0. The van der Waals surface area contributed by atoms with E-state index in [1.807, 2.05) is 6.07 Å². The van der Waals surface area contributed by atoms with Crippen molar-refractivity contribution >= 4 is 58.3 Å². The van der Waals surface area contributed by atoms with Crippen LogP contribution in [0.3, 0.4) is 0 Å². The van der Waals surface area contributed by atoms with E-state index in [-0.39, 0.29) is 39.7 Å². The van der Waals surface area contributed by atoms with Gasteiger partial charge in [-0.25, -0.2) is 4.39 Å². The lowest BCUT2D eigenvalue weighted by molar-refractivity contribution is -0.141. The Morgan fingerprint density at radius 3 is 2.71 bits per heavy atom. The van der Waals surface area contributed by atoms with E-state index in [4.69, 9.17) is 29.1 Å². The molecule has 6 nitrogen and oxygen atoms in total. The number of thioether (sulfide) groups is 1. The second-order valence-electron chi connectivity index (χ2n) is 6.45. The molecular formula is C18H19ClFN3O3S2. The molecule has 2 rings (SSSR count). The Labute approximate surface area is 177 Å². The number of carbonyl (C=O) groups excluding carboxylic acids is 2. The van der Waals surface area contributed by atoms with Gasteiger partial charge in [-0.2, -0.15) is 5.26 Å². The first kappa shape index (κ1) is 22.4. The smallest absolute Gasteiger partial charge is 0.307 e. The summed E-state index contributed by atoms with van der Waals surface area (Å²) < 4.78 is 19.7. The second kappa shape index (κ2) is 9.07. The number of ether oxygens (including phenoxy) is 1. The Balaban J connectivity index is 2.31. The van der Waals surface area contributed by atoms with Crippen LogP contribution in [0.1, 0.15) is 32.3 Å². The van der Waals surface area contributed by atoms with Gasteiger partial charge in [0.2, 0.25) is 0 Å². The molecule has 28 heavy (non-hydrogen) atoms. The number of esters is 1. The molecule has 0 unspecified atom stereocenters. The highest BCUT2D eigenvalue weighted by atomic mass is 35.5. The first-order valence-corrected chi connectivity index (χ1v) is 10.5. The fraction of sp³-hybridized carbons (Fsp3) is 0.444. The quantitative estimate of drug-likeness (QED) is 0.275. The van der Waals surface area contributed by atoms with Gasteiger partial charge in [-0.15, -0.1) is 11.8 Å². The maximum Gasteiger partial charge on any atom is 0.307 e. The molecule has 0 aliphatic carbocycles. The molecule has 1 amide bonds. The molecule has 0 atom stereocenters. The number of anilines is 1. The summed E-state index contributed by atoms with van der Waals surface area (Å²) >= 11 is 11.9. The van der Waals surface area contributed by atoms with Gasteiger partial charge in [0, 0.05) is 13.0 Å². The van der Waals surface area contributed by atoms with E-state index in [0.717, 1.165) is 16.7 Å². The Morgan fingerprint density at radius 1 is 1.46 bits per heavy atom. The molecule has 0 saturated carbocycles. The summed E-state index contributed by atoms with van der Waals surface area (Å²) in [5.74, 6) is -1.48. The molecule has 1 aliphatic heterocycles. The molecule has 1 heterocycles. The van der Waals surface area contributed by atoms with Gasteiger partial charge in [0.25, 0.3) is 5.91 Å². The van der Waals surface area contributed by atoms with Gasteiger partial charge in [-0.3, -0.25) is 14.5 Å². The molecule has 0 bridgehead atoms. The number of thiocarbonyl (C=S) groups is 1. The molecule has 150 valence electrons. The third-order valence-electron chi connectivity index (χ3n) is 4.44. The molecule has 1 fully saturated rings. The molecule has 1 saturated heterocycles. The number of alkyl halides is 1. The fourth-order valence-electron chi connectivity index (χ4n) is 2.94. The van der Waals surface area contributed by atoms with E-state index >= 15 is 4.39 Å². The second-order valence-corrected chi connectivity index (χ2v) is 7.85. The molecule has 1 aliphatic rings. The van der Waals surface area contributed by atoms with Crippen LogP contribution in [-0.4, -0.2) is 46.3 Å². The number of nitrogens with zero attached hydrogens (tertiary/aromatic N) is 3. The molecule has 1 aromatic rings. The number of hydrogen-bond acceptors (Lipinski definition) is 6. The third-order valence-corrected chi connectivity index (χ3v) is 5.76. The average molecular weight is 444 g/mol. The predicted octanol–water partition coefficient (Wildman–Crippen LogP) is 3.65. The van der Waals surface area contributed by atoms with E-state index in [1.165, 1.54) is 12.1 Å². The van der Waals surface area contributed by atoms with Crippen molar-refractivity contribution in [2.75, 3.05) is 23.8 Å². The zero-order valence-corrected chi connectivity index (χ0v) is 18.0. The summed E-state index contributed by atoms with van der Waals surface area (Å²) in [4.78, 5) is 27.5. The number of nitriles is 1. The van der Waals surface area contributed by atoms with Crippen LogP contribution in [0.4, 0.5) is 10.1 Å². The van der Waals surface area contributed by atoms with Crippen LogP contribution in [0.15, 0.2) is 17.0 Å². The van der Waals surface area contributed by atoms with Crippen LogP contribution in [-0.2, 0) is 14.3 Å². The van der Waals surface area contributed by atoms with Crippen LogP contribution in [0.2, 0.25) is 0 Å². The first-order valence-electron chi connectivity index (χ1n) is 8.35. The van der Waals surface area contributed by atoms with Crippen molar-refractivity contribution in [3.8, 4) is 6.07 Å². The number of halogens is 2. The van der Waals surface area contributed by atoms with Crippen molar-refractivity contribution in [3.63, 3.8) is 0 Å². The summed E-state index contributed by atoms with van der Waals surface area (Å²) in [6.45, 7) is 3.70. The number of rotatable bonds is 7. The highest BCUT2D eigenvalue weighted by molar-refractivity contribution is 7.98. The minimum absolute atomic E-state index is 0.00970. The number of hydrogen-bond donors (Lipinski definition) is 0. The number of carbonyl (C=O) groups is 2. The standard InChI is InChI=1S/C18H19ClFN3O3S2/c1-18(2)16(25)23(12-7-6-11(9-21)15(28-3)14(12)20)17(27)22(18)8-4-5-13(24)26-10-19/h6-7H,4-5,8,10H2,1-3H3. The lowest BCUT2D eigenvalue weighted by Crippen LogP contribution is -2.44. The number of benzene rings is 1. The van der Waals surface area contributed by atoms with Crippen molar-refractivity contribution < 1.29 is 18.7 Å². The van der Waals surface area contributed by atoms with Crippen LogP contribution >= 0.6 is 35.6 Å². The van der Waals surface area contributed by atoms with Gasteiger partial charge >= 0.3 is 5.97 Å². The molecule has 0 aromatic heterocycles. The van der Waals surface area contributed by atoms with Crippen molar-refractivity contribution in [1.29, 1.82) is 5.26 Å². The maximum absolute atomic E-state index is 15.0. The highest BCUT2D eigenvalue weighted by Gasteiger charge is 2.50. The Morgan fingerprint density at radius 2 is 2.14 bits per heavy atom. The Hall–Kier alpha value is -1.89. The summed E-state index contributed by atoms with van der Waals surface area (Å²) in [5.41, 5.74) is -0.802. The molecule has 0 spiro atoms. The van der Waals surface area contributed by atoms with E-state index in [1.54, 1.807) is 25.0 Å². The third kappa shape index (κ3) is 4.09.